The molecule has 4 rings (SSSR count). The second kappa shape index (κ2) is 9.03. The summed E-state index contributed by atoms with van der Waals surface area (Å²) in [5.41, 5.74) is 2.82. The van der Waals surface area contributed by atoms with E-state index in [1.54, 1.807) is 29.0 Å². The first-order valence-corrected chi connectivity index (χ1v) is 10.6. The lowest BCUT2D eigenvalue weighted by Crippen LogP contribution is -2.46. The molecule has 162 valence electrons. The number of hydrogen-bond donors (Lipinski definition) is 1. The van der Waals surface area contributed by atoms with Crippen LogP contribution in [0.2, 0.25) is 0 Å². The van der Waals surface area contributed by atoms with Gasteiger partial charge in [0.2, 0.25) is 0 Å². The van der Waals surface area contributed by atoms with Crippen LogP contribution in [-0.2, 0) is 12.7 Å². The molecule has 2 aromatic heterocycles. The summed E-state index contributed by atoms with van der Waals surface area (Å²) in [5, 5.41) is 4.63. The first kappa shape index (κ1) is 21.3. The molecule has 1 aromatic carbocycles. The van der Waals surface area contributed by atoms with Crippen LogP contribution in [0, 0.1) is 0 Å². The average molecular weight is 447 g/mol. The average Bonchev–Trinajstić information content (AvgIpc) is 3.27. The highest BCUT2D eigenvalue weighted by molar-refractivity contribution is 7.07. The minimum Gasteiger partial charge on any atom is -0.367 e. The maximum Gasteiger partial charge on any atom is 0.416 e. The molecule has 1 saturated heterocycles. The molecule has 0 saturated carbocycles. The van der Waals surface area contributed by atoms with Crippen molar-refractivity contribution in [2.45, 2.75) is 12.7 Å². The van der Waals surface area contributed by atoms with E-state index >= 15 is 0 Å². The molecular weight excluding hydrogens is 427 g/mol. The van der Waals surface area contributed by atoms with Gasteiger partial charge in [-0.3, -0.25) is 14.7 Å². The van der Waals surface area contributed by atoms with Gasteiger partial charge in [-0.25, -0.2) is 4.98 Å². The lowest BCUT2D eigenvalue weighted by Gasteiger charge is -2.36. The summed E-state index contributed by atoms with van der Waals surface area (Å²) in [6.07, 6.45) is -3.04. The highest BCUT2D eigenvalue weighted by Crippen LogP contribution is 2.36. The largest absolute Gasteiger partial charge is 0.416 e. The van der Waals surface area contributed by atoms with Gasteiger partial charge in [0.1, 0.15) is 5.69 Å². The third-order valence-electron chi connectivity index (χ3n) is 5.05. The number of hydrogen-bond acceptors (Lipinski definition) is 6. The van der Waals surface area contributed by atoms with Crippen molar-refractivity contribution in [3.63, 3.8) is 0 Å². The van der Waals surface area contributed by atoms with Crippen molar-refractivity contribution in [3.8, 4) is 0 Å². The Morgan fingerprint density at radius 3 is 2.55 bits per heavy atom. The highest BCUT2D eigenvalue weighted by Gasteiger charge is 2.32. The number of benzene rings is 1. The van der Waals surface area contributed by atoms with Crippen molar-refractivity contribution >= 4 is 28.6 Å². The van der Waals surface area contributed by atoms with Crippen molar-refractivity contribution in [1.82, 2.24) is 14.9 Å². The Morgan fingerprint density at radius 1 is 1.10 bits per heavy atom. The van der Waals surface area contributed by atoms with Crippen LogP contribution in [0.5, 0.6) is 0 Å². The fourth-order valence-electron chi connectivity index (χ4n) is 3.46. The summed E-state index contributed by atoms with van der Waals surface area (Å²) in [6.45, 7) is 3.48. The number of amides is 1. The maximum absolute atomic E-state index is 13.3. The maximum atomic E-state index is 13.3. The van der Waals surface area contributed by atoms with Gasteiger partial charge in [0.15, 0.2) is 0 Å². The molecule has 1 aliphatic rings. The normalized spacial score (nSPS) is 15.1. The highest BCUT2D eigenvalue weighted by atomic mass is 32.1. The number of anilines is 2. The van der Waals surface area contributed by atoms with Crippen LogP contribution in [-0.4, -0.2) is 47.0 Å². The summed E-state index contributed by atoms with van der Waals surface area (Å²) < 4.78 is 39.9. The molecule has 31 heavy (non-hydrogen) atoms. The number of thiazole rings is 1. The Balaban J connectivity index is 1.53. The van der Waals surface area contributed by atoms with Crippen molar-refractivity contribution in [2.75, 3.05) is 36.4 Å². The second-order valence-corrected chi connectivity index (χ2v) is 7.86. The molecule has 0 radical (unpaired) electrons. The van der Waals surface area contributed by atoms with E-state index in [0.717, 1.165) is 37.5 Å². The minimum absolute atomic E-state index is 0.124. The quantitative estimate of drug-likeness (QED) is 0.637. The minimum atomic E-state index is -4.50. The summed E-state index contributed by atoms with van der Waals surface area (Å²) >= 11 is 1.55. The monoisotopic (exact) mass is 447 g/mol. The molecule has 1 aliphatic heterocycles. The molecule has 0 atom stereocenters. The third kappa shape index (κ3) is 5.20. The summed E-state index contributed by atoms with van der Waals surface area (Å²) in [4.78, 5) is 25.1. The zero-order chi connectivity index (χ0) is 21.8. The first-order chi connectivity index (χ1) is 14.9. The summed E-state index contributed by atoms with van der Waals surface area (Å²) in [7, 11) is 0. The van der Waals surface area contributed by atoms with E-state index in [9.17, 15) is 18.0 Å². The molecule has 1 N–H and O–H groups in total. The number of piperazine rings is 1. The zero-order valence-electron chi connectivity index (χ0n) is 16.5. The number of nitrogens with one attached hydrogen (secondary N) is 1. The van der Waals surface area contributed by atoms with Crippen molar-refractivity contribution < 1.29 is 18.0 Å². The molecule has 0 spiro atoms. The molecule has 10 heteroatoms. The van der Waals surface area contributed by atoms with E-state index in [1.807, 2.05) is 10.3 Å². The van der Waals surface area contributed by atoms with Crippen molar-refractivity contribution in [2.24, 2.45) is 0 Å². The van der Waals surface area contributed by atoms with Crippen LogP contribution in [0.25, 0.3) is 0 Å². The summed E-state index contributed by atoms with van der Waals surface area (Å²) in [6, 6.07) is 8.28. The number of nitrogens with zero attached hydrogens (tertiary/aromatic N) is 4. The molecule has 1 fully saturated rings. The molecule has 0 unspecified atom stereocenters. The number of alkyl halides is 3. The Kier molecular flexibility index (Phi) is 6.19. The Hall–Kier alpha value is -2.98. The molecule has 1 amide bonds. The standard InChI is InChI=1S/C21H20F3N5OS/c22-21(23,24)15-4-5-19(18(11-15)27-20(30)17-3-1-2-6-25-17)29-9-7-28(8-10-29)12-16-13-31-14-26-16/h1-6,11,13-14H,7-10,12H2,(H,27,30). The van der Waals surface area contributed by atoms with Crippen molar-refractivity contribution in [3.05, 3.63) is 70.4 Å². The van der Waals surface area contributed by atoms with Gasteiger partial charge < -0.3 is 10.2 Å². The molecule has 3 aromatic rings. The topological polar surface area (TPSA) is 61.4 Å². The van der Waals surface area contributed by atoms with E-state index in [4.69, 9.17) is 0 Å². The smallest absolute Gasteiger partial charge is 0.367 e. The van der Waals surface area contributed by atoms with Crippen molar-refractivity contribution in [1.29, 1.82) is 0 Å². The van der Waals surface area contributed by atoms with Gasteiger partial charge in [-0.15, -0.1) is 11.3 Å². The SMILES string of the molecule is O=C(Nc1cc(C(F)(F)F)ccc1N1CCN(Cc2cscn2)CC1)c1ccccn1. The number of rotatable bonds is 5. The molecule has 0 bridgehead atoms. The molecule has 6 nitrogen and oxygen atoms in total. The van der Waals surface area contributed by atoms with Crippen LogP contribution < -0.4 is 10.2 Å². The van der Waals surface area contributed by atoms with E-state index in [-0.39, 0.29) is 11.4 Å². The number of carbonyl (C=O) groups is 1. The lowest BCUT2D eigenvalue weighted by atomic mass is 10.1. The van der Waals surface area contributed by atoms with Crippen LogP contribution in [0.1, 0.15) is 21.7 Å². The second-order valence-electron chi connectivity index (χ2n) is 7.14. The van der Waals surface area contributed by atoms with Crippen LogP contribution in [0.3, 0.4) is 0 Å². The number of pyridine rings is 1. The van der Waals surface area contributed by atoms with Crippen LogP contribution >= 0.6 is 11.3 Å². The van der Waals surface area contributed by atoms with Gasteiger partial charge in [0.25, 0.3) is 5.91 Å². The van der Waals surface area contributed by atoms with Gasteiger partial charge in [-0.05, 0) is 30.3 Å². The molecular formula is C21H20F3N5OS. The van der Waals surface area contributed by atoms with Crippen LogP contribution in [0.4, 0.5) is 24.5 Å². The summed E-state index contributed by atoms with van der Waals surface area (Å²) in [5.74, 6) is -0.552. The predicted molar refractivity (Wildman–Crippen MR) is 113 cm³/mol. The fourth-order valence-corrected chi connectivity index (χ4v) is 4.01. The predicted octanol–water partition coefficient (Wildman–Crippen LogP) is 4.13. The van der Waals surface area contributed by atoms with Gasteiger partial charge in [0, 0.05) is 44.3 Å². The van der Waals surface area contributed by atoms with E-state index in [0.29, 0.717) is 18.8 Å². The zero-order valence-corrected chi connectivity index (χ0v) is 17.3. The van der Waals surface area contributed by atoms with E-state index in [2.05, 4.69) is 20.2 Å². The Bertz CT molecular complexity index is 1020. The molecule has 3 heterocycles. The van der Waals surface area contributed by atoms with Gasteiger partial charge in [-0.2, -0.15) is 13.2 Å². The first-order valence-electron chi connectivity index (χ1n) is 9.68. The number of halogens is 3. The van der Waals surface area contributed by atoms with Gasteiger partial charge in [-0.1, -0.05) is 6.07 Å². The third-order valence-corrected chi connectivity index (χ3v) is 5.69. The Morgan fingerprint density at radius 2 is 1.90 bits per heavy atom. The van der Waals surface area contributed by atoms with Gasteiger partial charge in [0.05, 0.1) is 28.1 Å². The number of aromatic nitrogens is 2. The van der Waals surface area contributed by atoms with E-state index in [1.165, 1.54) is 18.3 Å². The van der Waals surface area contributed by atoms with Crippen LogP contribution in [0.15, 0.2) is 53.5 Å². The molecule has 0 aliphatic carbocycles. The number of carbonyl (C=O) groups excluding carboxylic acids is 1. The fraction of sp³-hybridized carbons (Fsp3) is 0.286. The Labute approximate surface area is 181 Å². The van der Waals surface area contributed by atoms with Gasteiger partial charge >= 0.3 is 6.18 Å². The van der Waals surface area contributed by atoms with E-state index < -0.39 is 17.6 Å². The lowest BCUT2D eigenvalue weighted by molar-refractivity contribution is -0.137.